The molecule has 0 aliphatic carbocycles. The minimum atomic E-state index is -0.787. The first kappa shape index (κ1) is 16.8. The lowest BCUT2D eigenvalue weighted by Gasteiger charge is -2.03. The van der Waals surface area contributed by atoms with E-state index in [0.29, 0.717) is 23.0 Å². The molecule has 0 spiro atoms. The van der Waals surface area contributed by atoms with Crippen molar-refractivity contribution in [3.8, 4) is 6.07 Å². The van der Waals surface area contributed by atoms with Crippen LogP contribution in [-0.2, 0) is 16.1 Å². The van der Waals surface area contributed by atoms with Crippen molar-refractivity contribution in [1.82, 2.24) is 9.78 Å². The van der Waals surface area contributed by atoms with Crippen LogP contribution in [-0.4, -0.2) is 21.9 Å². The summed E-state index contributed by atoms with van der Waals surface area (Å²) in [4.78, 5) is 11.6. The average Bonchev–Trinajstić information content (AvgIpc) is 2.80. The van der Waals surface area contributed by atoms with Crippen molar-refractivity contribution >= 4 is 23.6 Å². The monoisotopic (exact) mass is 329 g/mol. The topological polar surface area (TPSA) is 67.9 Å². The number of carbonyl (C=O) groups excluding carboxylic acids is 1. The maximum Gasteiger partial charge on any atom is 0.332 e. The van der Waals surface area contributed by atoms with Crippen LogP contribution in [0.2, 0.25) is 5.15 Å². The molecule has 1 heterocycles. The van der Waals surface area contributed by atoms with Crippen LogP contribution in [0.4, 0.5) is 0 Å². The van der Waals surface area contributed by atoms with Gasteiger partial charge in [-0.2, -0.15) is 10.4 Å². The molecule has 1 unspecified atom stereocenters. The molecular weight excluding hydrogens is 314 g/mol. The zero-order valence-electron chi connectivity index (χ0n) is 12.9. The molecule has 0 bridgehead atoms. The Balaban J connectivity index is 2.15. The summed E-state index contributed by atoms with van der Waals surface area (Å²) in [6.07, 6.45) is 2.01. The van der Waals surface area contributed by atoms with E-state index >= 15 is 0 Å². The fourth-order valence-electron chi connectivity index (χ4n) is 2.01. The number of rotatable bonds is 5. The molecule has 118 valence electrons. The molecule has 0 aliphatic heterocycles. The minimum Gasteiger partial charge on any atom is -0.444 e. The number of nitriles is 1. The second-order valence-electron chi connectivity index (χ2n) is 4.97. The van der Waals surface area contributed by atoms with Crippen LogP contribution in [0, 0.1) is 18.3 Å². The molecule has 0 aliphatic rings. The van der Waals surface area contributed by atoms with E-state index in [9.17, 15) is 4.79 Å². The predicted octanol–water partition coefficient (Wildman–Crippen LogP) is 3.36. The quantitative estimate of drug-likeness (QED) is 0.623. The van der Waals surface area contributed by atoms with Crippen LogP contribution in [0.15, 0.2) is 36.4 Å². The molecule has 0 saturated carbocycles. The number of aryl methyl sites for hydroxylation is 1. The molecule has 1 aromatic carbocycles. The predicted molar refractivity (Wildman–Crippen MR) is 87.7 cm³/mol. The Morgan fingerprint density at radius 1 is 1.48 bits per heavy atom. The summed E-state index contributed by atoms with van der Waals surface area (Å²) in [5, 5.41) is 13.5. The average molecular weight is 330 g/mol. The normalized spacial score (nSPS) is 12.1. The fourth-order valence-corrected chi connectivity index (χ4v) is 2.31. The fraction of sp³-hybridized carbons (Fsp3) is 0.235. The second kappa shape index (κ2) is 7.61. The summed E-state index contributed by atoms with van der Waals surface area (Å²) >= 11 is 6.34. The Labute approximate surface area is 139 Å². The molecule has 2 aromatic rings. The Morgan fingerprint density at radius 2 is 2.17 bits per heavy atom. The summed E-state index contributed by atoms with van der Waals surface area (Å²) in [5.41, 5.74) is 2.45. The van der Waals surface area contributed by atoms with Crippen molar-refractivity contribution in [2.45, 2.75) is 26.5 Å². The van der Waals surface area contributed by atoms with Gasteiger partial charge in [0.25, 0.3) is 0 Å². The second-order valence-corrected chi connectivity index (χ2v) is 5.33. The molecule has 0 N–H and O–H groups in total. The summed E-state index contributed by atoms with van der Waals surface area (Å²) in [5.74, 6) is -0.592. The summed E-state index contributed by atoms with van der Waals surface area (Å²) in [6.45, 7) is 3.86. The number of esters is 1. The van der Waals surface area contributed by atoms with Crippen LogP contribution in [0.3, 0.4) is 0 Å². The van der Waals surface area contributed by atoms with E-state index in [1.807, 2.05) is 43.3 Å². The van der Waals surface area contributed by atoms with E-state index in [-0.39, 0.29) is 0 Å². The number of carbonyl (C=O) groups is 1. The van der Waals surface area contributed by atoms with Gasteiger partial charge in [0.05, 0.1) is 12.2 Å². The molecule has 23 heavy (non-hydrogen) atoms. The van der Waals surface area contributed by atoms with Gasteiger partial charge in [0.2, 0.25) is 0 Å². The lowest BCUT2D eigenvalue weighted by molar-refractivity contribution is -0.139. The number of aromatic nitrogens is 2. The molecule has 1 atom stereocenters. The van der Waals surface area contributed by atoms with Crippen molar-refractivity contribution in [3.05, 3.63) is 58.4 Å². The van der Waals surface area contributed by atoms with E-state index in [1.165, 1.54) is 13.0 Å². The maximum absolute atomic E-state index is 11.6. The number of hydrogen-bond donors (Lipinski definition) is 0. The van der Waals surface area contributed by atoms with Crippen LogP contribution in [0.25, 0.3) is 6.08 Å². The first-order valence-electron chi connectivity index (χ1n) is 7.06. The van der Waals surface area contributed by atoms with Crippen LogP contribution in [0.5, 0.6) is 0 Å². The van der Waals surface area contributed by atoms with Crippen LogP contribution in [0.1, 0.15) is 23.7 Å². The van der Waals surface area contributed by atoms with Crippen LogP contribution < -0.4 is 0 Å². The molecule has 0 fully saturated rings. The zero-order valence-corrected chi connectivity index (χ0v) is 13.6. The van der Waals surface area contributed by atoms with Gasteiger partial charge in [-0.3, -0.25) is 0 Å². The van der Waals surface area contributed by atoms with Crippen molar-refractivity contribution in [1.29, 1.82) is 5.26 Å². The number of ether oxygens (including phenoxy) is 1. The van der Waals surface area contributed by atoms with Gasteiger partial charge in [-0.05, 0) is 25.5 Å². The molecule has 1 aromatic heterocycles. The third-order valence-electron chi connectivity index (χ3n) is 3.15. The first-order chi connectivity index (χ1) is 11.0. The van der Waals surface area contributed by atoms with Gasteiger partial charge >= 0.3 is 5.97 Å². The highest BCUT2D eigenvalue weighted by atomic mass is 35.5. The molecular formula is C17H16ClN3O2. The first-order valence-corrected chi connectivity index (χ1v) is 7.44. The van der Waals surface area contributed by atoms with Crippen molar-refractivity contribution in [3.63, 3.8) is 0 Å². The van der Waals surface area contributed by atoms with Gasteiger partial charge in [-0.1, -0.05) is 41.9 Å². The number of hydrogen-bond acceptors (Lipinski definition) is 4. The van der Waals surface area contributed by atoms with E-state index < -0.39 is 12.1 Å². The molecule has 5 nitrogen and oxygen atoms in total. The highest BCUT2D eigenvalue weighted by Crippen LogP contribution is 2.22. The molecule has 6 heteroatoms. The highest BCUT2D eigenvalue weighted by molar-refractivity contribution is 6.31. The standard InChI is InChI=1S/C17H16ClN3O2/c1-12(10-19)23-16(22)9-8-15-13(2)20-21(17(15)18)11-14-6-4-3-5-7-14/h3-9,12H,11H2,1-2H3/b9-8+. The largest absolute Gasteiger partial charge is 0.444 e. The summed E-state index contributed by atoms with van der Waals surface area (Å²) in [6, 6.07) is 11.7. The highest BCUT2D eigenvalue weighted by Gasteiger charge is 2.12. The number of nitrogens with zero attached hydrogens (tertiary/aromatic N) is 3. The van der Waals surface area contributed by atoms with Gasteiger partial charge in [-0.15, -0.1) is 0 Å². The third-order valence-corrected chi connectivity index (χ3v) is 3.54. The van der Waals surface area contributed by atoms with E-state index in [4.69, 9.17) is 21.6 Å². The van der Waals surface area contributed by atoms with Crippen molar-refractivity contribution in [2.24, 2.45) is 0 Å². The minimum absolute atomic E-state index is 0.448. The van der Waals surface area contributed by atoms with Crippen molar-refractivity contribution in [2.75, 3.05) is 0 Å². The Morgan fingerprint density at radius 3 is 2.83 bits per heavy atom. The molecule has 0 radical (unpaired) electrons. The lowest BCUT2D eigenvalue weighted by atomic mass is 10.2. The molecule has 2 rings (SSSR count). The third kappa shape index (κ3) is 4.44. The van der Waals surface area contributed by atoms with E-state index in [1.54, 1.807) is 10.8 Å². The lowest BCUT2D eigenvalue weighted by Crippen LogP contribution is -2.10. The number of halogens is 1. The maximum atomic E-state index is 11.6. The van der Waals surface area contributed by atoms with Gasteiger partial charge in [-0.25, -0.2) is 9.48 Å². The zero-order chi connectivity index (χ0) is 16.8. The van der Waals surface area contributed by atoms with Crippen LogP contribution >= 0.6 is 11.6 Å². The van der Waals surface area contributed by atoms with Gasteiger partial charge < -0.3 is 4.74 Å². The molecule has 0 amide bonds. The number of benzene rings is 1. The molecule has 0 saturated heterocycles. The summed E-state index contributed by atoms with van der Waals surface area (Å²) < 4.78 is 6.52. The SMILES string of the molecule is Cc1nn(Cc2ccccc2)c(Cl)c1/C=C/C(=O)OC(C)C#N. The van der Waals surface area contributed by atoms with Gasteiger partial charge in [0.15, 0.2) is 6.10 Å². The van der Waals surface area contributed by atoms with Crippen molar-refractivity contribution < 1.29 is 9.53 Å². The Bertz CT molecular complexity index is 760. The smallest absolute Gasteiger partial charge is 0.332 e. The van der Waals surface area contributed by atoms with Gasteiger partial charge in [0, 0.05) is 11.6 Å². The Hall–Kier alpha value is -2.58. The Kier molecular flexibility index (Phi) is 5.56. The van der Waals surface area contributed by atoms with Gasteiger partial charge in [0.1, 0.15) is 11.2 Å². The van der Waals surface area contributed by atoms with E-state index in [0.717, 1.165) is 5.56 Å². The summed E-state index contributed by atoms with van der Waals surface area (Å²) in [7, 11) is 0. The van der Waals surface area contributed by atoms with E-state index in [2.05, 4.69) is 5.10 Å².